The number of aryl methyl sites for hydroxylation is 1. The highest BCUT2D eigenvalue weighted by Gasteiger charge is 2.20. The standard InChI is InChI=1S/C28H26N2O5/c1-15-13-21(17(3)30-23-8-6-5-7-20(23)28(33)34)26-22(14-15)24(31)16(2)25(35-26)18-9-11-19(12-10-18)27(32)29-4/h5-14,17,30H,1-4H3,(H,29,32)(H,33,34)/t17-/m1/s1. The topological polar surface area (TPSA) is 109 Å². The molecule has 35 heavy (non-hydrogen) atoms. The second-order valence-electron chi connectivity index (χ2n) is 8.49. The Bertz CT molecular complexity index is 1500. The highest BCUT2D eigenvalue weighted by Crippen LogP contribution is 2.32. The van der Waals surface area contributed by atoms with E-state index in [2.05, 4.69) is 10.6 Å². The van der Waals surface area contributed by atoms with Crippen molar-refractivity contribution < 1.29 is 19.1 Å². The molecule has 4 aromatic rings. The first kappa shape index (κ1) is 23.8. The Morgan fingerprint density at radius 3 is 2.34 bits per heavy atom. The fourth-order valence-electron chi connectivity index (χ4n) is 4.19. The van der Waals surface area contributed by atoms with E-state index in [0.717, 1.165) is 11.1 Å². The molecule has 0 spiro atoms. The lowest BCUT2D eigenvalue weighted by Crippen LogP contribution is -2.17. The number of fused-ring (bicyclic) bond motifs is 1. The molecular weight excluding hydrogens is 444 g/mol. The van der Waals surface area contributed by atoms with Gasteiger partial charge in [-0.15, -0.1) is 0 Å². The third-order valence-corrected chi connectivity index (χ3v) is 6.02. The Morgan fingerprint density at radius 2 is 1.69 bits per heavy atom. The number of aromatic carboxylic acids is 1. The number of hydrogen-bond donors (Lipinski definition) is 3. The first-order valence-corrected chi connectivity index (χ1v) is 11.2. The molecule has 1 amide bonds. The van der Waals surface area contributed by atoms with Gasteiger partial charge < -0.3 is 20.2 Å². The van der Waals surface area contributed by atoms with Crippen LogP contribution in [-0.4, -0.2) is 24.0 Å². The quantitative estimate of drug-likeness (QED) is 0.353. The van der Waals surface area contributed by atoms with Gasteiger partial charge in [-0.05, 0) is 56.7 Å². The monoisotopic (exact) mass is 470 g/mol. The van der Waals surface area contributed by atoms with Crippen molar-refractivity contribution in [2.24, 2.45) is 0 Å². The predicted octanol–water partition coefficient (Wildman–Crippen LogP) is 5.31. The van der Waals surface area contributed by atoms with Gasteiger partial charge >= 0.3 is 5.97 Å². The van der Waals surface area contributed by atoms with Crippen molar-refractivity contribution in [1.82, 2.24) is 5.32 Å². The number of amides is 1. The fraction of sp³-hybridized carbons (Fsp3) is 0.179. The molecule has 0 fully saturated rings. The summed E-state index contributed by atoms with van der Waals surface area (Å²) in [5, 5.41) is 15.8. The Labute approximate surface area is 202 Å². The van der Waals surface area contributed by atoms with Crippen molar-refractivity contribution in [3.05, 3.63) is 98.7 Å². The van der Waals surface area contributed by atoms with Crippen LogP contribution in [0.25, 0.3) is 22.3 Å². The number of para-hydroxylation sites is 1. The molecular formula is C28H26N2O5. The summed E-state index contributed by atoms with van der Waals surface area (Å²) in [5.41, 5.74) is 4.21. The first-order chi connectivity index (χ1) is 16.7. The molecule has 7 nitrogen and oxygen atoms in total. The molecule has 3 aromatic carbocycles. The lowest BCUT2D eigenvalue weighted by atomic mass is 9.98. The highest BCUT2D eigenvalue weighted by molar-refractivity contribution is 5.95. The van der Waals surface area contributed by atoms with Crippen LogP contribution in [0, 0.1) is 13.8 Å². The SMILES string of the molecule is CNC(=O)c1ccc(-c2oc3c([C@@H](C)Nc4ccccc4C(=O)O)cc(C)cc3c(=O)c2C)cc1. The number of carboxylic acid groups (broad SMARTS) is 1. The van der Waals surface area contributed by atoms with Gasteiger partial charge in [-0.2, -0.15) is 0 Å². The molecule has 0 bridgehead atoms. The Hall–Kier alpha value is -4.39. The van der Waals surface area contributed by atoms with E-state index in [4.69, 9.17) is 4.42 Å². The lowest BCUT2D eigenvalue weighted by Gasteiger charge is -2.20. The zero-order valence-corrected chi connectivity index (χ0v) is 19.9. The summed E-state index contributed by atoms with van der Waals surface area (Å²) >= 11 is 0. The van der Waals surface area contributed by atoms with Crippen LogP contribution in [0.4, 0.5) is 5.69 Å². The van der Waals surface area contributed by atoms with Crippen molar-refractivity contribution >= 4 is 28.5 Å². The summed E-state index contributed by atoms with van der Waals surface area (Å²) in [6, 6.07) is 16.9. The molecule has 178 valence electrons. The third-order valence-electron chi connectivity index (χ3n) is 6.02. The maximum atomic E-state index is 13.4. The highest BCUT2D eigenvalue weighted by atomic mass is 16.4. The predicted molar refractivity (Wildman–Crippen MR) is 136 cm³/mol. The summed E-state index contributed by atoms with van der Waals surface area (Å²) in [6.07, 6.45) is 0. The summed E-state index contributed by atoms with van der Waals surface area (Å²) in [5.74, 6) is -0.805. The van der Waals surface area contributed by atoms with Gasteiger partial charge in [0, 0.05) is 35.0 Å². The van der Waals surface area contributed by atoms with E-state index in [1.165, 1.54) is 6.07 Å². The average molecular weight is 471 g/mol. The number of benzene rings is 3. The van der Waals surface area contributed by atoms with E-state index in [1.807, 2.05) is 19.9 Å². The van der Waals surface area contributed by atoms with Gasteiger partial charge in [0.05, 0.1) is 17.0 Å². The maximum absolute atomic E-state index is 13.4. The molecule has 3 N–H and O–H groups in total. The van der Waals surface area contributed by atoms with E-state index in [-0.39, 0.29) is 22.9 Å². The van der Waals surface area contributed by atoms with Gasteiger partial charge in [0.25, 0.3) is 5.91 Å². The number of nitrogens with one attached hydrogen (secondary N) is 2. The van der Waals surface area contributed by atoms with E-state index >= 15 is 0 Å². The van der Waals surface area contributed by atoms with E-state index in [9.17, 15) is 19.5 Å². The Morgan fingerprint density at radius 1 is 1.00 bits per heavy atom. The molecule has 4 rings (SSSR count). The second-order valence-corrected chi connectivity index (χ2v) is 8.49. The molecule has 0 saturated heterocycles. The molecule has 0 unspecified atom stereocenters. The van der Waals surface area contributed by atoms with Crippen molar-refractivity contribution in [1.29, 1.82) is 0 Å². The van der Waals surface area contributed by atoms with Crippen molar-refractivity contribution in [3.8, 4) is 11.3 Å². The molecule has 0 aliphatic heterocycles. The smallest absolute Gasteiger partial charge is 0.337 e. The lowest BCUT2D eigenvalue weighted by molar-refractivity contribution is 0.0697. The Balaban J connectivity index is 1.85. The maximum Gasteiger partial charge on any atom is 0.337 e. The minimum absolute atomic E-state index is 0.139. The van der Waals surface area contributed by atoms with Crippen LogP contribution < -0.4 is 16.1 Å². The minimum Gasteiger partial charge on any atom is -0.478 e. The number of hydrogen-bond acceptors (Lipinski definition) is 5. The number of carbonyl (C=O) groups excluding carboxylic acids is 1. The molecule has 0 aliphatic rings. The second kappa shape index (κ2) is 9.46. The number of rotatable bonds is 6. The van der Waals surface area contributed by atoms with Crippen molar-refractivity contribution in [3.63, 3.8) is 0 Å². The van der Waals surface area contributed by atoms with Crippen LogP contribution >= 0.6 is 0 Å². The van der Waals surface area contributed by atoms with Crippen LogP contribution in [0.15, 0.2) is 69.9 Å². The van der Waals surface area contributed by atoms with Gasteiger partial charge in [-0.1, -0.05) is 30.3 Å². The zero-order valence-electron chi connectivity index (χ0n) is 19.9. The number of carboxylic acids is 1. The fourth-order valence-corrected chi connectivity index (χ4v) is 4.19. The van der Waals surface area contributed by atoms with Crippen molar-refractivity contribution in [2.75, 3.05) is 12.4 Å². The zero-order chi connectivity index (χ0) is 25.3. The average Bonchev–Trinajstić information content (AvgIpc) is 2.85. The van der Waals surface area contributed by atoms with E-state index in [0.29, 0.717) is 39.1 Å². The van der Waals surface area contributed by atoms with Gasteiger partial charge in [0.1, 0.15) is 11.3 Å². The molecule has 0 radical (unpaired) electrons. The van der Waals surface area contributed by atoms with Crippen LogP contribution in [0.1, 0.15) is 50.4 Å². The summed E-state index contributed by atoms with van der Waals surface area (Å²) in [6.45, 7) is 5.52. The summed E-state index contributed by atoms with van der Waals surface area (Å²) in [7, 11) is 1.57. The third kappa shape index (κ3) is 4.53. The largest absolute Gasteiger partial charge is 0.478 e. The van der Waals surface area contributed by atoms with Gasteiger partial charge in [-0.3, -0.25) is 9.59 Å². The Kier molecular flexibility index (Phi) is 6.42. The summed E-state index contributed by atoms with van der Waals surface area (Å²) in [4.78, 5) is 36.9. The van der Waals surface area contributed by atoms with Gasteiger partial charge in [0.15, 0.2) is 5.43 Å². The van der Waals surface area contributed by atoms with E-state index in [1.54, 1.807) is 62.5 Å². The minimum atomic E-state index is -1.03. The molecule has 1 atom stereocenters. The first-order valence-electron chi connectivity index (χ1n) is 11.2. The van der Waals surface area contributed by atoms with Gasteiger partial charge in [0.2, 0.25) is 0 Å². The van der Waals surface area contributed by atoms with Crippen LogP contribution in [0.3, 0.4) is 0 Å². The number of carbonyl (C=O) groups is 2. The molecule has 0 aliphatic carbocycles. The van der Waals surface area contributed by atoms with Crippen LogP contribution in [0.5, 0.6) is 0 Å². The van der Waals surface area contributed by atoms with Crippen LogP contribution in [0.2, 0.25) is 0 Å². The van der Waals surface area contributed by atoms with Gasteiger partial charge in [-0.25, -0.2) is 4.79 Å². The number of anilines is 1. The van der Waals surface area contributed by atoms with Crippen molar-refractivity contribution in [2.45, 2.75) is 26.8 Å². The van der Waals surface area contributed by atoms with Crippen LogP contribution in [-0.2, 0) is 0 Å². The molecule has 0 saturated carbocycles. The molecule has 1 heterocycles. The summed E-state index contributed by atoms with van der Waals surface area (Å²) < 4.78 is 6.35. The van der Waals surface area contributed by atoms with E-state index < -0.39 is 5.97 Å². The molecule has 1 aromatic heterocycles. The normalized spacial score (nSPS) is 11.8. The molecule has 7 heteroatoms.